The van der Waals surface area contributed by atoms with Crippen molar-refractivity contribution in [3.8, 4) is 0 Å². The van der Waals surface area contributed by atoms with Gasteiger partial charge in [-0.3, -0.25) is 15.6 Å². The lowest BCUT2D eigenvalue weighted by Crippen LogP contribution is -2.51. The monoisotopic (exact) mass is 471 g/mol. The lowest BCUT2D eigenvalue weighted by atomic mass is 9.92. The quantitative estimate of drug-likeness (QED) is 0.336. The van der Waals surface area contributed by atoms with Crippen molar-refractivity contribution in [1.82, 2.24) is 25.6 Å². The van der Waals surface area contributed by atoms with Crippen LogP contribution in [-0.2, 0) is 4.79 Å². The largest absolute Gasteiger partial charge is 0.465 e. The number of piperazine rings is 1. The van der Waals surface area contributed by atoms with Gasteiger partial charge in [0.1, 0.15) is 0 Å². The molecule has 2 heterocycles. The van der Waals surface area contributed by atoms with Gasteiger partial charge < -0.3 is 20.2 Å². The highest BCUT2D eigenvalue weighted by Crippen LogP contribution is 2.31. The zero-order valence-electron chi connectivity index (χ0n) is 18.4. The molecule has 1 aromatic heterocycles. The summed E-state index contributed by atoms with van der Waals surface area (Å²) in [6.45, 7) is 4.04. The third-order valence-electron chi connectivity index (χ3n) is 6.18. The summed E-state index contributed by atoms with van der Waals surface area (Å²) in [6, 6.07) is 0.0227. The maximum atomic E-state index is 15.2. The van der Waals surface area contributed by atoms with Gasteiger partial charge in [0.25, 0.3) is 0 Å². The second-order valence-electron chi connectivity index (χ2n) is 8.67. The van der Waals surface area contributed by atoms with Gasteiger partial charge in [0.2, 0.25) is 17.0 Å². The van der Waals surface area contributed by atoms with E-state index in [4.69, 9.17) is 16.7 Å². The fourth-order valence-electron chi connectivity index (χ4n) is 4.50. The zero-order valence-corrected chi connectivity index (χ0v) is 19.2. The van der Waals surface area contributed by atoms with Crippen LogP contribution in [0.15, 0.2) is 0 Å². The first-order valence-electron chi connectivity index (χ1n) is 11.0. The Bertz CT molecular complexity index is 825. The Kier molecular flexibility index (Phi) is 8.30. The average Bonchev–Trinajstić information content (AvgIpc) is 3.24. The van der Waals surface area contributed by atoms with E-state index < -0.39 is 23.7 Å². The minimum Gasteiger partial charge on any atom is -0.465 e. The molecule has 178 valence electrons. The highest BCUT2D eigenvalue weighted by atomic mass is 35.5. The van der Waals surface area contributed by atoms with E-state index in [2.05, 4.69) is 31.0 Å². The summed E-state index contributed by atoms with van der Waals surface area (Å²) in [7, 11) is 2.00. The average molecular weight is 472 g/mol. The number of aromatic nitrogens is 2. The molecule has 1 aliphatic carbocycles. The molecular weight excluding hydrogens is 441 g/mol. The number of likely N-dealkylation sites (N-methyl/N-ethyl adjacent to an activating group) is 1. The first kappa shape index (κ1) is 24.2. The van der Waals surface area contributed by atoms with Gasteiger partial charge in [0.05, 0.1) is 5.92 Å². The summed E-state index contributed by atoms with van der Waals surface area (Å²) >= 11 is 6.04. The second kappa shape index (κ2) is 11.0. The number of carbonyl (C=O) groups excluding carboxylic acids is 1. The van der Waals surface area contributed by atoms with Crippen molar-refractivity contribution in [3.63, 3.8) is 0 Å². The molecule has 0 radical (unpaired) electrons. The standard InChI is InChI=1S/C20H31ClFN7O3/c1-12-11-28(2)7-8-29(12)17-15(22)16(24-19(21)25-17)26-27-18(30)14(10-23-20(31)32)9-13-5-3-4-6-13/h12-14,23H,3-11H2,1-2H3,(H,27,30)(H,31,32)(H,24,25,26)/t12-,14+/m0/s1. The molecular formula is C20H31ClFN7O3. The summed E-state index contributed by atoms with van der Waals surface area (Å²) < 4.78 is 15.2. The van der Waals surface area contributed by atoms with Gasteiger partial charge >= 0.3 is 6.09 Å². The number of carboxylic acid groups (broad SMARTS) is 1. The Morgan fingerprint density at radius 2 is 2.00 bits per heavy atom. The van der Waals surface area contributed by atoms with Crippen LogP contribution in [0.25, 0.3) is 0 Å². The predicted octanol–water partition coefficient (Wildman–Crippen LogP) is 2.32. The van der Waals surface area contributed by atoms with Crippen LogP contribution in [-0.4, -0.2) is 71.2 Å². The van der Waals surface area contributed by atoms with Crippen molar-refractivity contribution in [3.05, 3.63) is 11.1 Å². The van der Waals surface area contributed by atoms with Crippen LogP contribution in [0.1, 0.15) is 39.0 Å². The Morgan fingerprint density at radius 3 is 2.66 bits per heavy atom. The Balaban J connectivity index is 1.69. The van der Waals surface area contributed by atoms with E-state index in [1.54, 1.807) is 0 Å². The first-order chi connectivity index (χ1) is 15.2. The smallest absolute Gasteiger partial charge is 0.404 e. The fourth-order valence-corrected chi connectivity index (χ4v) is 4.67. The highest BCUT2D eigenvalue weighted by molar-refractivity contribution is 6.28. The Morgan fingerprint density at radius 1 is 1.28 bits per heavy atom. The number of carbonyl (C=O) groups is 2. The van der Waals surface area contributed by atoms with Gasteiger partial charge in [-0.05, 0) is 37.9 Å². The molecule has 2 atom stereocenters. The Labute approximate surface area is 191 Å². The number of hydrazine groups is 1. The van der Waals surface area contributed by atoms with E-state index in [1.165, 1.54) is 0 Å². The van der Waals surface area contributed by atoms with E-state index in [-0.39, 0.29) is 29.5 Å². The van der Waals surface area contributed by atoms with Crippen molar-refractivity contribution in [2.45, 2.75) is 45.1 Å². The van der Waals surface area contributed by atoms with E-state index >= 15 is 4.39 Å². The summed E-state index contributed by atoms with van der Waals surface area (Å²) in [6.07, 6.45) is 3.63. The lowest BCUT2D eigenvalue weighted by molar-refractivity contribution is -0.124. The molecule has 32 heavy (non-hydrogen) atoms. The molecule has 12 heteroatoms. The van der Waals surface area contributed by atoms with Crippen LogP contribution >= 0.6 is 11.6 Å². The van der Waals surface area contributed by atoms with E-state index in [1.807, 2.05) is 18.9 Å². The van der Waals surface area contributed by atoms with Gasteiger partial charge in [-0.25, -0.2) is 4.79 Å². The molecule has 2 fully saturated rings. The molecule has 10 nitrogen and oxygen atoms in total. The number of hydrogen-bond acceptors (Lipinski definition) is 7. The molecule has 1 saturated carbocycles. The molecule has 1 aliphatic heterocycles. The molecule has 0 unspecified atom stereocenters. The van der Waals surface area contributed by atoms with Crippen molar-refractivity contribution >= 4 is 35.2 Å². The second-order valence-corrected chi connectivity index (χ2v) is 9.00. The lowest BCUT2D eigenvalue weighted by Gasteiger charge is -2.39. The number of halogens is 2. The number of anilines is 2. The Hall–Kier alpha value is -2.40. The van der Waals surface area contributed by atoms with Gasteiger partial charge in [-0.2, -0.15) is 14.4 Å². The normalized spacial score (nSPS) is 20.8. The zero-order chi connectivity index (χ0) is 23.3. The molecule has 0 spiro atoms. The van der Waals surface area contributed by atoms with Crippen molar-refractivity contribution in [1.29, 1.82) is 0 Å². The van der Waals surface area contributed by atoms with Crippen LogP contribution in [0.2, 0.25) is 5.28 Å². The maximum absolute atomic E-state index is 15.2. The van der Waals surface area contributed by atoms with Gasteiger partial charge in [-0.15, -0.1) is 0 Å². The molecule has 4 N–H and O–H groups in total. The van der Waals surface area contributed by atoms with Crippen LogP contribution in [0.3, 0.4) is 0 Å². The summed E-state index contributed by atoms with van der Waals surface area (Å²) in [5, 5.41) is 11.1. The van der Waals surface area contributed by atoms with Crippen LogP contribution in [0.5, 0.6) is 0 Å². The fraction of sp³-hybridized carbons (Fsp3) is 0.700. The maximum Gasteiger partial charge on any atom is 0.404 e. The summed E-state index contributed by atoms with van der Waals surface area (Å²) in [5.74, 6) is -1.50. The number of nitrogens with one attached hydrogen (secondary N) is 3. The van der Waals surface area contributed by atoms with Gasteiger partial charge in [0, 0.05) is 32.2 Å². The molecule has 2 amide bonds. The van der Waals surface area contributed by atoms with Crippen molar-refractivity contribution in [2.75, 3.05) is 43.6 Å². The molecule has 0 aromatic carbocycles. The van der Waals surface area contributed by atoms with Gasteiger partial charge in [-0.1, -0.05) is 25.7 Å². The minimum atomic E-state index is -1.19. The summed E-state index contributed by atoms with van der Waals surface area (Å²) in [4.78, 5) is 35.6. The predicted molar refractivity (Wildman–Crippen MR) is 119 cm³/mol. The third-order valence-corrected chi connectivity index (χ3v) is 6.35. The molecule has 1 aromatic rings. The van der Waals surface area contributed by atoms with E-state index in [0.717, 1.165) is 38.8 Å². The topological polar surface area (TPSA) is 123 Å². The minimum absolute atomic E-state index is 0.0174. The van der Waals surface area contributed by atoms with Crippen molar-refractivity contribution in [2.24, 2.45) is 11.8 Å². The molecule has 0 bridgehead atoms. The van der Waals surface area contributed by atoms with Crippen LogP contribution < -0.4 is 21.1 Å². The first-order valence-corrected chi connectivity index (χ1v) is 11.3. The van der Waals surface area contributed by atoms with Crippen LogP contribution in [0.4, 0.5) is 20.8 Å². The number of nitrogens with zero attached hydrogens (tertiary/aromatic N) is 4. The number of rotatable bonds is 8. The van der Waals surface area contributed by atoms with Crippen molar-refractivity contribution < 1.29 is 19.1 Å². The molecule has 1 saturated heterocycles. The van der Waals surface area contributed by atoms with Gasteiger partial charge in [0.15, 0.2) is 11.6 Å². The van der Waals surface area contributed by atoms with E-state index in [9.17, 15) is 9.59 Å². The number of amides is 2. The third kappa shape index (κ3) is 6.32. The SMILES string of the molecule is C[C@H]1CN(C)CCN1c1nc(Cl)nc(NNC(=O)[C@@H](CNC(=O)O)CC2CCCC2)c1F. The highest BCUT2D eigenvalue weighted by Gasteiger charge is 2.29. The molecule has 3 rings (SSSR count). The number of hydrogen-bond donors (Lipinski definition) is 4. The molecule has 2 aliphatic rings. The summed E-state index contributed by atoms with van der Waals surface area (Å²) in [5.41, 5.74) is 5.00. The van der Waals surface area contributed by atoms with Crippen LogP contribution in [0, 0.1) is 17.7 Å². The van der Waals surface area contributed by atoms with E-state index in [0.29, 0.717) is 18.9 Å².